The average molecular weight is 258 g/mol. The number of benzene rings is 1. The van der Waals surface area contributed by atoms with E-state index in [1.165, 1.54) is 5.56 Å². The van der Waals surface area contributed by atoms with Crippen molar-refractivity contribution in [3.8, 4) is 0 Å². The Labute approximate surface area is 112 Å². The topological polar surface area (TPSA) is 53.4 Å². The molecule has 0 unspecified atom stereocenters. The van der Waals surface area contributed by atoms with Crippen molar-refractivity contribution in [2.24, 2.45) is 0 Å². The van der Waals surface area contributed by atoms with Gasteiger partial charge in [-0.15, -0.1) is 0 Å². The van der Waals surface area contributed by atoms with Gasteiger partial charge in [-0.3, -0.25) is 9.78 Å². The molecule has 19 heavy (non-hydrogen) atoms. The maximum absolute atomic E-state index is 10.5. The third-order valence-electron chi connectivity index (χ3n) is 3.11. The van der Waals surface area contributed by atoms with Gasteiger partial charge < -0.3 is 10.0 Å². The molecule has 2 rings (SSSR count). The summed E-state index contributed by atoms with van der Waals surface area (Å²) >= 11 is 0. The molecule has 0 aliphatic carbocycles. The van der Waals surface area contributed by atoms with Crippen molar-refractivity contribution < 1.29 is 9.90 Å². The second-order valence-corrected chi connectivity index (χ2v) is 4.72. The molecule has 4 heteroatoms. The minimum Gasteiger partial charge on any atom is -0.481 e. The number of fused-ring (bicyclic) bond motifs is 1. The van der Waals surface area contributed by atoms with Crippen molar-refractivity contribution in [2.45, 2.75) is 19.4 Å². The van der Waals surface area contributed by atoms with Crippen LogP contribution in [-0.2, 0) is 11.3 Å². The van der Waals surface area contributed by atoms with E-state index < -0.39 is 5.97 Å². The predicted molar refractivity (Wildman–Crippen MR) is 74.9 cm³/mol. The van der Waals surface area contributed by atoms with Crippen LogP contribution < -0.4 is 0 Å². The molecule has 4 nitrogen and oxygen atoms in total. The second-order valence-electron chi connectivity index (χ2n) is 4.72. The molecule has 0 radical (unpaired) electrons. The molecule has 0 aliphatic rings. The minimum atomic E-state index is -0.734. The maximum atomic E-state index is 10.5. The number of rotatable bonds is 6. The van der Waals surface area contributed by atoms with Crippen molar-refractivity contribution in [1.82, 2.24) is 9.88 Å². The van der Waals surface area contributed by atoms with Crippen molar-refractivity contribution in [3.63, 3.8) is 0 Å². The second kappa shape index (κ2) is 6.29. The van der Waals surface area contributed by atoms with Crippen LogP contribution in [0.1, 0.15) is 18.4 Å². The Bertz CT molecular complexity index is 564. The Morgan fingerprint density at radius 1 is 1.32 bits per heavy atom. The maximum Gasteiger partial charge on any atom is 0.303 e. The van der Waals surface area contributed by atoms with Crippen LogP contribution in [0, 0.1) is 0 Å². The number of aliphatic carboxylic acids is 1. The van der Waals surface area contributed by atoms with Crippen molar-refractivity contribution in [2.75, 3.05) is 13.6 Å². The van der Waals surface area contributed by atoms with Gasteiger partial charge in [-0.25, -0.2) is 0 Å². The van der Waals surface area contributed by atoms with Crippen LogP contribution in [0.25, 0.3) is 10.9 Å². The number of hydrogen-bond donors (Lipinski definition) is 1. The van der Waals surface area contributed by atoms with E-state index in [9.17, 15) is 4.79 Å². The highest BCUT2D eigenvalue weighted by Crippen LogP contribution is 2.17. The molecule has 1 N–H and O–H groups in total. The fraction of sp³-hybridized carbons (Fsp3) is 0.333. The average Bonchev–Trinajstić information content (AvgIpc) is 2.39. The van der Waals surface area contributed by atoms with Gasteiger partial charge in [0.25, 0.3) is 0 Å². The molecule has 1 aromatic carbocycles. The summed E-state index contributed by atoms with van der Waals surface area (Å²) in [5.74, 6) is -0.734. The molecular formula is C15H18N2O2. The van der Waals surface area contributed by atoms with E-state index in [1.807, 2.05) is 37.5 Å². The number of carboxylic acid groups (broad SMARTS) is 1. The Balaban J connectivity index is 2.02. The highest BCUT2D eigenvalue weighted by molar-refractivity contribution is 5.81. The zero-order valence-electron chi connectivity index (χ0n) is 11.0. The zero-order valence-corrected chi connectivity index (χ0v) is 11.0. The molecule has 0 fully saturated rings. The number of pyridine rings is 1. The van der Waals surface area contributed by atoms with Crippen LogP contribution in [0.4, 0.5) is 0 Å². The smallest absolute Gasteiger partial charge is 0.303 e. The van der Waals surface area contributed by atoms with Gasteiger partial charge in [0.05, 0.1) is 5.52 Å². The van der Waals surface area contributed by atoms with Crippen LogP contribution in [0.3, 0.4) is 0 Å². The van der Waals surface area contributed by atoms with E-state index in [4.69, 9.17) is 5.11 Å². The van der Waals surface area contributed by atoms with E-state index in [-0.39, 0.29) is 6.42 Å². The quantitative estimate of drug-likeness (QED) is 0.865. The van der Waals surface area contributed by atoms with Gasteiger partial charge in [-0.05, 0) is 37.7 Å². The highest BCUT2D eigenvalue weighted by atomic mass is 16.4. The molecule has 100 valence electrons. The van der Waals surface area contributed by atoms with Crippen LogP contribution in [-0.4, -0.2) is 34.6 Å². The summed E-state index contributed by atoms with van der Waals surface area (Å²) in [5.41, 5.74) is 2.22. The SMILES string of the molecule is CN(CCCC(=O)O)Cc1ccnc2ccccc12. The summed E-state index contributed by atoms with van der Waals surface area (Å²) < 4.78 is 0. The summed E-state index contributed by atoms with van der Waals surface area (Å²) in [7, 11) is 2.01. The molecule has 0 atom stereocenters. The highest BCUT2D eigenvalue weighted by Gasteiger charge is 2.05. The Kier molecular flexibility index (Phi) is 4.47. The molecule has 2 aromatic rings. The van der Waals surface area contributed by atoms with Crippen molar-refractivity contribution in [1.29, 1.82) is 0 Å². The fourth-order valence-electron chi connectivity index (χ4n) is 2.16. The number of nitrogens with zero attached hydrogens (tertiary/aromatic N) is 2. The van der Waals surface area contributed by atoms with Crippen LogP contribution in [0.5, 0.6) is 0 Å². The van der Waals surface area contributed by atoms with E-state index >= 15 is 0 Å². The number of hydrogen-bond acceptors (Lipinski definition) is 3. The van der Waals surface area contributed by atoms with Crippen LogP contribution in [0.15, 0.2) is 36.5 Å². The number of aromatic nitrogens is 1. The Hall–Kier alpha value is -1.94. The molecular weight excluding hydrogens is 240 g/mol. The van der Waals surface area contributed by atoms with Gasteiger partial charge in [0.15, 0.2) is 0 Å². The number of carboxylic acids is 1. The van der Waals surface area contributed by atoms with Crippen molar-refractivity contribution in [3.05, 3.63) is 42.1 Å². The van der Waals surface area contributed by atoms with Gasteiger partial charge in [0, 0.05) is 24.5 Å². The Morgan fingerprint density at radius 2 is 2.11 bits per heavy atom. The molecule has 0 aliphatic heterocycles. The normalized spacial score (nSPS) is 11.1. The van der Waals surface area contributed by atoms with Gasteiger partial charge in [0.1, 0.15) is 0 Å². The summed E-state index contributed by atoms with van der Waals surface area (Å²) in [4.78, 5) is 17.0. The molecule has 0 amide bonds. The number of carbonyl (C=O) groups is 1. The number of para-hydroxylation sites is 1. The van der Waals surface area contributed by atoms with Crippen LogP contribution >= 0.6 is 0 Å². The lowest BCUT2D eigenvalue weighted by atomic mass is 10.1. The van der Waals surface area contributed by atoms with Crippen LogP contribution in [0.2, 0.25) is 0 Å². The molecule has 0 saturated carbocycles. The molecule has 0 spiro atoms. The largest absolute Gasteiger partial charge is 0.481 e. The third-order valence-corrected chi connectivity index (χ3v) is 3.11. The standard InChI is InChI=1S/C15H18N2O2/c1-17(10-4-7-15(18)19)11-12-8-9-16-14-6-3-2-5-13(12)14/h2-3,5-6,8-9H,4,7,10-11H2,1H3,(H,18,19). The predicted octanol–water partition coefficient (Wildman–Crippen LogP) is 2.53. The third kappa shape index (κ3) is 3.76. The summed E-state index contributed by atoms with van der Waals surface area (Å²) in [6, 6.07) is 10.1. The van der Waals surface area contributed by atoms with E-state index in [1.54, 1.807) is 0 Å². The monoisotopic (exact) mass is 258 g/mol. The first-order valence-corrected chi connectivity index (χ1v) is 6.40. The van der Waals surface area contributed by atoms with Crippen molar-refractivity contribution >= 4 is 16.9 Å². The van der Waals surface area contributed by atoms with E-state index in [0.717, 1.165) is 24.0 Å². The van der Waals surface area contributed by atoms with E-state index in [0.29, 0.717) is 6.42 Å². The zero-order chi connectivity index (χ0) is 13.7. The van der Waals surface area contributed by atoms with Gasteiger partial charge >= 0.3 is 5.97 Å². The van der Waals surface area contributed by atoms with Gasteiger partial charge in [-0.2, -0.15) is 0 Å². The first kappa shape index (κ1) is 13.5. The molecule has 0 bridgehead atoms. The molecule has 0 saturated heterocycles. The molecule has 1 heterocycles. The summed E-state index contributed by atoms with van der Waals surface area (Å²) in [5, 5.41) is 9.79. The van der Waals surface area contributed by atoms with Gasteiger partial charge in [-0.1, -0.05) is 18.2 Å². The van der Waals surface area contributed by atoms with E-state index in [2.05, 4.69) is 16.0 Å². The first-order chi connectivity index (χ1) is 9.16. The van der Waals surface area contributed by atoms with Gasteiger partial charge in [0.2, 0.25) is 0 Å². The minimum absolute atomic E-state index is 0.224. The summed E-state index contributed by atoms with van der Waals surface area (Å²) in [6.07, 6.45) is 2.72. The Morgan fingerprint density at radius 3 is 2.89 bits per heavy atom. The molecule has 1 aromatic heterocycles. The fourth-order valence-corrected chi connectivity index (χ4v) is 2.16. The first-order valence-electron chi connectivity index (χ1n) is 6.40. The lowest BCUT2D eigenvalue weighted by molar-refractivity contribution is -0.137. The lowest BCUT2D eigenvalue weighted by Crippen LogP contribution is -2.20. The lowest BCUT2D eigenvalue weighted by Gasteiger charge is -2.17. The summed E-state index contributed by atoms with van der Waals surface area (Å²) in [6.45, 7) is 1.59.